The second kappa shape index (κ2) is 6.53. The van der Waals surface area contributed by atoms with Crippen molar-refractivity contribution in [2.24, 2.45) is 0 Å². The molecule has 0 amide bonds. The zero-order valence-corrected chi connectivity index (χ0v) is 11.5. The van der Waals surface area contributed by atoms with E-state index in [0.29, 0.717) is 11.3 Å². The van der Waals surface area contributed by atoms with Crippen LogP contribution in [-0.4, -0.2) is 11.5 Å². The minimum Gasteiger partial charge on any atom is -0.298 e. The van der Waals surface area contributed by atoms with Crippen molar-refractivity contribution in [3.63, 3.8) is 0 Å². The summed E-state index contributed by atoms with van der Waals surface area (Å²) in [5.74, 6) is 0.106. The first-order valence-corrected chi connectivity index (χ1v) is 7.09. The first-order chi connectivity index (χ1) is 9.16. The number of hydrogen-bond acceptors (Lipinski definition) is 2. The summed E-state index contributed by atoms with van der Waals surface area (Å²) < 4.78 is 13.4. The number of ketones is 1. The molecule has 0 aliphatic heterocycles. The summed E-state index contributed by atoms with van der Waals surface area (Å²) in [5.41, 5.74) is 1.63. The fourth-order valence-electron chi connectivity index (χ4n) is 1.78. The van der Waals surface area contributed by atoms with Gasteiger partial charge in [0.15, 0.2) is 0 Å². The fraction of sp³-hybridized carbons (Fsp3) is 0.188. The number of aryl methyl sites for hydroxylation is 1. The monoisotopic (exact) mass is 274 g/mol. The molecule has 0 heterocycles. The van der Waals surface area contributed by atoms with Gasteiger partial charge >= 0.3 is 0 Å². The van der Waals surface area contributed by atoms with Gasteiger partial charge in [-0.3, -0.25) is 4.79 Å². The van der Waals surface area contributed by atoms with E-state index in [1.807, 2.05) is 31.2 Å². The molecule has 98 valence electrons. The largest absolute Gasteiger partial charge is 0.298 e. The molecule has 0 saturated carbocycles. The van der Waals surface area contributed by atoms with Gasteiger partial charge in [0, 0.05) is 11.3 Å². The highest BCUT2D eigenvalue weighted by atomic mass is 32.2. The third-order valence-electron chi connectivity index (χ3n) is 2.83. The van der Waals surface area contributed by atoms with Gasteiger partial charge in [-0.05, 0) is 30.2 Å². The highest BCUT2D eigenvalue weighted by Gasteiger charge is 2.09. The summed E-state index contributed by atoms with van der Waals surface area (Å²) in [5, 5.41) is 0. The Morgan fingerprint density at radius 1 is 1.11 bits per heavy atom. The topological polar surface area (TPSA) is 17.1 Å². The predicted molar refractivity (Wildman–Crippen MR) is 77.0 cm³/mol. The molecule has 2 rings (SSSR count). The number of carbonyl (C=O) groups excluding carboxylic acids is 1. The number of halogens is 1. The van der Waals surface area contributed by atoms with Crippen molar-refractivity contribution in [2.45, 2.75) is 18.2 Å². The SMILES string of the molecule is Cc1ccccc1SCC(=O)Cc1ccccc1F. The lowest BCUT2D eigenvalue weighted by molar-refractivity contribution is -0.116. The zero-order valence-electron chi connectivity index (χ0n) is 10.7. The first kappa shape index (κ1) is 13.8. The van der Waals surface area contributed by atoms with Gasteiger partial charge < -0.3 is 0 Å². The smallest absolute Gasteiger partial charge is 0.147 e. The van der Waals surface area contributed by atoms with Crippen molar-refractivity contribution in [3.8, 4) is 0 Å². The maximum absolute atomic E-state index is 13.4. The highest BCUT2D eigenvalue weighted by molar-refractivity contribution is 8.00. The fourth-order valence-corrected chi connectivity index (χ4v) is 2.67. The standard InChI is InChI=1S/C16H15FOS/c1-12-6-2-5-9-16(12)19-11-14(18)10-13-7-3-4-8-15(13)17/h2-9H,10-11H2,1H3. The van der Waals surface area contributed by atoms with Gasteiger partial charge in [-0.2, -0.15) is 0 Å². The number of rotatable bonds is 5. The minimum absolute atomic E-state index is 0.0401. The first-order valence-electron chi connectivity index (χ1n) is 6.10. The Hall–Kier alpha value is -1.61. The van der Waals surface area contributed by atoms with E-state index < -0.39 is 0 Å². The van der Waals surface area contributed by atoms with Gasteiger partial charge in [0.1, 0.15) is 11.6 Å². The van der Waals surface area contributed by atoms with E-state index in [2.05, 4.69) is 0 Å². The van der Waals surface area contributed by atoms with E-state index in [0.717, 1.165) is 10.5 Å². The molecule has 2 aromatic rings. The Bertz CT molecular complexity index is 580. The normalized spacial score (nSPS) is 10.4. The van der Waals surface area contributed by atoms with Gasteiger partial charge in [0.25, 0.3) is 0 Å². The van der Waals surface area contributed by atoms with Gasteiger partial charge in [-0.1, -0.05) is 36.4 Å². The van der Waals surface area contributed by atoms with Gasteiger partial charge in [0.2, 0.25) is 0 Å². The van der Waals surface area contributed by atoms with Crippen molar-refractivity contribution in [2.75, 3.05) is 5.75 Å². The molecule has 0 N–H and O–H groups in total. The van der Waals surface area contributed by atoms with Crippen LogP contribution in [0, 0.1) is 12.7 Å². The van der Waals surface area contributed by atoms with Gasteiger partial charge in [-0.25, -0.2) is 4.39 Å². The maximum Gasteiger partial charge on any atom is 0.147 e. The van der Waals surface area contributed by atoms with E-state index in [1.165, 1.54) is 17.8 Å². The average molecular weight is 274 g/mol. The lowest BCUT2D eigenvalue weighted by Crippen LogP contribution is -2.07. The average Bonchev–Trinajstić information content (AvgIpc) is 2.40. The van der Waals surface area contributed by atoms with E-state index in [4.69, 9.17) is 0 Å². The molecular formula is C16H15FOS. The van der Waals surface area contributed by atoms with Crippen LogP contribution in [0.2, 0.25) is 0 Å². The molecule has 2 aromatic carbocycles. The second-order valence-corrected chi connectivity index (χ2v) is 5.38. The molecular weight excluding hydrogens is 259 g/mol. The minimum atomic E-state index is -0.309. The molecule has 0 aliphatic carbocycles. The van der Waals surface area contributed by atoms with Crippen LogP contribution in [0.4, 0.5) is 4.39 Å². The molecule has 0 atom stereocenters. The van der Waals surface area contributed by atoms with Crippen LogP contribution in [0.1, 0.15) is 11.1 Å². The summed E-state index contributed by atoms with van der Waals surface area (Å²) in [6, 6.07) is 14.4. The van der Waals surface area contributed by atoms with Crippen LogP contribution in [0.3, 0.4) is 0 Å². The van der Waals surface area contributed by atoms with E-state index in [1.54, 1.807) is 18.2 Å². The highest BCUT2D eigenvalue weighted by Crippen LogP contribution is 2.22. The molecule has 0 saturated heterocycles. The molecule has 0 radical (unpaired) electrons. The molecule has 0 unspecified atom stereocenters. The van der Waals surface area contributed by atoms with Crippen molar-refractivity contribution in [1.82, 2.24) is 0 Å². The van der Waals surface area contributed by atoms with E-state index in [-0.39, 0.29) is 18.0 Å². The van der Waals surface area contributed by atoms with E-state index >= 15 is 0 Å². The van der Waals surface area contributed by atoms with Crippen molar-refractivity contribution in [1.29, 1.82) is 0 Å². The Labute approximate surface area is 116 Å². The van der Waals surface area contributed by atoms with Crippen LogP contribution in [-0.2, 0) is 11.2 Å². The van der Waals surface area contributed by atoms with Crippen LogP contribution in [0.25, 0.3) is 0 Å². The summed E-state index contributed by atoms with van der Waals surface area (Å²) in [7, 11) is 0. The molecule has 0 bridgehead atoms. The Kier molecular flexibility index (Phi) is 4.74. The molecule has 0 fully saturated rings. The molecule has 3 heteroatoms. The lowest BCUT2D eigenvalue weighted by Gasteiger charge is -2.05. The summed E-state index contributed by atoms with van der Waals surface area (Å²) in [6.45, 7) is 2.02. The summed E-state index contributed by atoms with van der Waals surface area (Å²) in [6.07, 6.45) is 0.158. The van der Waals surface area contributed by atoms with Crippen molar-refractivity contribution >= 4 is 17.5 Å². The molecule has 1 nitrogen and oxygen atoms in total. The molecule has 0 spiro atoms. The number of Topliss-reactive ketones (excluding diaryl/α,β-unsaturated/α-hetero) is 1. The Morgan fingerprint density at radius 3 is 2.53 bits per heavy atom. The zero-order chi connectivity index (χ0) is 13.7. The summed E-state index contributed by atoms with van der Waals surface area (Å²) >= 11 is 1.51. The molecule has 0 aliphatic rings. The second-order valence-electron chi connectivity index (χ2n) is 4.36. The number of benzene rings is 2. The van der Waals surface area contributed by atoms with Gasteiger partial charge in [-0.15, -0.1) is 11.8 Å². The molecule has 19 heavy (non-hydrogen) atoms. The summed E-state index contributed by atoms with van der Waals surface area (Å²) in [4.78, 5) is 13.0. The lowest BCUT2D eigenvalue weighted by atomic mass is 10.1. The van der Waals surface area contributed by atoms with E-state index in [9.17, 15) is 9.18 Å². The third-order valence-corrected chi connectivity index (χ3v) is 4.06. The quantitative estimate of drug-likeness (QED) is 0.765. The third kappa shape index (κ3) is 3.93. The number of hydrogen-bond donors (Lipinski definition) is 0. The maximum atomic E-state index is 13.4. The van der Waals surface area contributed by atoms with Crippen LogP contribution >= 0.6 is 11.8 Å². The predicted octanol–water partition coefficient (Wildman–Crippen LogP) is 4.04. The van der Waals surface area contributed by atoms with Crippen LogP contribution < -0.4 is 0 Å². The van der Waals surface area contributed by atoms with Crippen molar-refractivity contribution in [3.05, 3.63) is 65.5 Å². The molecule has 0 aromatic heterocycles. The van der Waals surface area contributed by atoms with Crippen LogP contribution in [0.15, 0.2) is 53.4 Å². The number of carbonyl (C=O) groups is 1. The number of thioether (sulfide) groups is 1. The van der Waals surface area contributed by atoms with Gasteiger partial charge in [0.05, 0.1) is 5.75 Å². The Morgan fingerprint density at radius 2 is 1.79 bits per heavy atom. The van der Waals surface area contributed by atoms with Crippen LogP contribution in [0.5, 0.6) is 0 Å². The van der Waals surface area contributed by atoms with Crippen molar-refractivity contribution < 1.29 is 9.18 Å². The Balaban J connectivity index is 1.92.